The first-order chi connectivity index (χ1) is 8.79. The second-order valence-electron chi connectivity index (χ2n) is 6.19. The van der Waals surface area contributed by atoms with Gasteiger partial charge in [0, 0.05) is 6.04 Å². The van der Waals surface area contributed by atoms with E-state index in [1.54, 1.807) is 12.1 Å². The highest BCUT2D eigenvalue weighted by Gasteiger charge is 2.47. The summed E-state index contributed by atoms with van der Waals surface area (Å²) < 4.78 is 25.6. The largest absolute Gasteiger partial charge is 0.315 e. The van der Waals surface area contributed by atoms with Crippen molar-refractivity contribution >= 4 is 9.84 Å². The lowest BCUT2D eigenvalue weighted by atomic mass is 9.87. The van der Waals surface area contributed by atoms with Crippen LogP contribution in [0.2, 0.25) is 0 Å². The molecule has 2 unspecified atom stereocenters. The summed E-state index contributed by atoms with van der Waals surface area (Å²) in [5, 5.41) is 2.89. The molecule has 1 aliphatic carbocycles. The van der Waals surface area contributed by atoms with Crippen molar-refractivity contribution in [1.82, 2.24) is 5.32 Å². The van der Waals surface area contributed by atoms with Gasteiger partial charge in [-0.25, -0.2) is 8.42 Å². The maximum Gasteiger partial charge on any atom is 0.182 e. The van der Waals surface area contributed by atoms with Crippen molar-refractivity contribution < 1.29 is 8.42 Å². The summed E-state index contributed by atoms with van der Waals surface area (Å²) in [4.78, 5) is 0.454. The molecule has 1 aromatic rings. The van der Waals surface area contributed by atoms with Gasteiger partial charge in [0.1, 0.15) is 0 Å². The molecule has 0 spiro atoms. The topological polar surface area (TPSA) is 46.2 Å². The van der Waals surface area contributed by atoms with Crippen LogP contribution in [-0.4, -0.2) is 26.8 Å². The summed E-state index contributed by atoms with van der Waals surface area (Å²) in [7, 11) is -1.40. The summed E-state index contributed by atoms with van der Waals surface area (Å²) in [6.45, 7) is 6.20. The summed E-state index contributed by atoms with van der Waals surface area (Å²) in [6.07, 6.45) is 1.67. The average molecular weight is 281 g/mol. The van der Waals surface area contributed by atoms with Crippen LogP contribution in [0.25, 0.3) is 0 Å². The standard InChI is InChI=1S/C15H23NO2S/c1-11-6-5-7-12(10-11)19(17,18)13-8-9-15(2,3)14(13)16-4/h5-7,10,13-14,16H,8-9H2,1-4H3. The van der Waals surface area contributed by atoms with Crippen molar-refractivity contribution in [1.29, 1.82) is 0 Å². The fraction of sp³-hybridized carbons (Fsp3) is 0.600. The van der Waals surface area contributed by atoms with Gasteiger partial charge in [0.05, 0.1) is 10.1 Å². The molecule has 2 rings (SSSR count). The Bertz CT molecular complexity index is 563. The van der Waals surface area contributed by atoms with Gasteiger partial charge in [0.25, 0.3) is 0 Å². The van der Waals surface area contributed by atoms with Crippen molar-refractivity contribution in [2.45, 2.75) is 49.8 Å². The summed E-state index contributed by atoms with van der Waals surface area (Å²) >= 11 is 0. The number of rotatable bonds is 3. The smallest absolute Gasteiger partial charge is 0.182 e. The Kier molecular flexibility index (Phi) is 3.76. The number of sulfone groups is 1. The number of benzene rings is 1. The molecule has 0 aromatic heterocycles. The quantitative estimate of drug-likeness (QED) is 0.926. The van der Waals surface area contributed by atoms with Crippen LogP contribution in [0.1, 0.15) is 32.3 Å². The van der Waals surface area contributed by atoms with Gasteiger partial charge in [0.2, 0.25) is 0 Å². The van der Waals surface area contributed by atoms with E-state index in [0.717, 1.165) is 18.4 Å². The molecule has 0 aliphatic heterocycles. The first-order valence-electron chi connectivity index (χ1n) is 6.77. The maximum absolute atomic E-state index is 12.8. The fourth-order valence-electron chi connectivity index (χ4n) is 3.22. The third-order valence-electron chi connectivity index (χ3n) is 4.31. The van der Waals surface area contributed by atoms with Gasteiger partial charge in [-0.3, -0.25) is 0 Å². The minimum Gasteiger partial charge on any atom is -0.315 e. The van der Waals surface area contributed by atoms with Crippen LogP contribution in [0.3, 0.4) is 0 Å². The molecule has 0 heterocycles. The Morgan fingerprint density at radius 2 is 2.00 bits per heavy atom. The Balaban J connectivity index is 2.41. The van der Waals surface area contributed by atoms with Crippen LogP contribution in [-0.2, 0) is 9.84 Å². The highest BCUT2D eigenvalue weighted by Crippen LogP contribution is 2.42. The van der Waals surface area contributed by atoms with E-state index in [-0.39, 0.29) is 16.7 Å². The summed E-state index contributed by atoms with van der Waals surface area (Å²) in [5.74, 6) is 0. The molecule has 0 saturated heterocycles. The lowest BCUT2D eigenvalue weighted by Gasteiger charge is -2.30. The van der Waals surface area contributed by atoms with Crippen LogP contribution >= 0.6 is 0 Å². The molecule has 1 fully saturated rings. The van der Waals surface area contributed by atoms with Gasteiger partial charge in [-0.2, -0.15) is 0 Å². The molecular formula is C15H23NO2S. The molecular weight excluding hydrogens is 258 g/mol. The highest BCUT2D eigenvalue weighted by atomic mass is 32.2. The molecule has 1 aromatic carbocycles. The van der Waals surface area contributed by atoms with E-state index >= 15 is 0 Å². The fourth-order valence-corrected chi connectivity index (χ4v) is 5.48. The van der Waals surface area contributed by atoms with Crippen molar-refractivity contribution in [3.05, 3.63) is 29.8 Å². The van der Waals surface area contributed by atoms with E-state index in [0.29, 0.717) is 4.90 Å². The zero-order chi connectivity index (χ0) is 14.3. The first kappa shape index (κ1) is 14.5. The van der Waals surface area contributed by atoms with Crippen molar-refractivity contribution in [3.8, 4) is 0 Å². The summed E-state index contributed by atoms with van der Waals surface area (Å²) in [5.41, 5.74) is 1.01. The van der Waals surface area contributed by atoms with E-state index in [1.165, 1.54) is 0 Å². The molecule has 0 amide bonds. The Labute approximate surface area is 116 Å². The predicted octanol–water partition coefficient (Wildman–Crippen LogP) is 2.55. The van der Waals surface area contributed by atoms with E-state index in [9.17, 15) is 8.42 Å². The highest BCUT2D eigenvalue weighted by molar-refractivity contribution is 7.92. The van der Waals surface area contributed by atoms with Crippen LogP contribution < -0.4 is 5.32 Å². The molecule has 1 saturated carbocycles. The molecule has 0 radical (unpaired) electrons. The Morgan fingerprint density at radius 1 is 1.32 bits per heavy atom. The van der Waals surface area contributed by atoms with Crippen molar-refractivity contribution in [2.24, 2.45) is 5.41 Å². The molecule has 1 N–H and O–H groups in total. The van der Waals surface area contributed by atoms with Crippen molar-refractivity contribution in [3.63, 3.8) is 0 Å². The third-order valence-corrected chi connectivity index (χ3v) is 6.53. The van der Waals surface area contributed by atoms with Gasteiger partial charge >= 0.3 is 0 Å². The lowest BCUT2D eigenvalue weighted by Crippen LogP contribution is -2.45. The Morgan fingerprint density at radius 3 is 2.58 bits per heavy atom. The van der Waals surface area contributed by atoms with Gasteiger partial charge in [0.15, 0.2) is 9.84 Å². The zero-order valence-corrected chi connectivity index (χ0v) is 12.9. The Hall–Kier alpha value is -0.870. The lowest BCUT2D eigenvalue weighted by molar-refractivity contribution is 0.297. The molecule has 3 nitrogen and oxygen atoms in total. The van der Waals surface area contributed by atoms with Crippen LogP contribution in [0, 0.1) is 12.3 Å². The average Bonchev–Trinajstić information content (AvgIpc) is 2.64. The van der Waals surface area contributed by atoms with Crippen molar-refractivity contribution in [2.75, 3.05) is 7.05 Å². The monoisotopic (exact) mass is 281 g/mol. The molecule has 1 aliphatic rings. The number of hydrogen-bond donors (Lipinski definition) is 1. The van der Waals surface area contributed by atoms with Gasteiger partial charge in [-0.1, -0.05) is 26.0 Å². The first-order valence-corrected chi connectivity index (χ1v) is 8.31. The molecule has 4 heteroatoms. The van der Waals surface area contributed by atoms with Crippen LogP contribution in [0.15, 0.2) is 29.2 Å². The minimum atomic E-state index is -3.26. The second-order valence-corrected chi connectivity index (χ2v) is 8.36. The SMILES string of the molecule is CNC1C(S(=O)(=O)c2cccc(C)c2)CCC1(C)C. The summed E-state index contributed by atoms with van der Waals surface area (Å²) in [6, 6.07) is 7.23. The zero-order valence-electron chi connectivity index (χ0n) is 12.1. The third kappa shape index (κ3) is 2.56. The number of hydrogen-bond acceptors (Lipinski definition) is 3. The number of aryl methyl sites for hydroxylation is 1. The molecule has 19 heavy (non-hydrogen) atoms. The van der Waals surface area contributed by atoms with Crippen LogP contribution in [0.4, 0.5) is 0 Å². The van der Waals surface area contributed by atoms with E-state index in [4.69, 9.17) is 0 Å². The minimum absolute atomic E-state index is 0.0120. The second kappa shape index (κ2) is 4.91. The van der Waals surface area contributed by atoms with E-state index < -0.39 is 9.84 Å². The number of nitrogens with one attached hydrogen (secondary N) is 1. The molecule has 2 atom stereocenters. The maximum atomic E-state index is 12.8. The molecule has 106 valence electrons. The van der Waals surface area contributed by atoms with Gasteiger partial charge in [-0.05, 0) is 49.9 Å². The van der Waals surface area contributed by atoms with Gasteiger partial charge in [-0.15, -0.1) is 0 Å². The predicted molar refractivity (Wildman–Crippen MR) is 78.0 cm³/mol. The van der Waals surface area contributed by atoms with E-state index in [2.05, 4.69) is 19.2 Å². The molecule has 0 bridgehead atoms. The normalized spacial score (nSPS) is 26.5. The van der Waals surface area contributed by atoms with E-state index in [1.807, 2.05) is 26.1 Å². The van der Waals surface area contributed by atoms with Gasteiger partial charge < -0.3 is 5.32 Å². The van der Waals surface area contributed by atoms with Crippen LogP contribution in [0.5, 0.6) is 0 Å².